The molecule has 0 radical (unpaired) electrons. The third-order valence-electron chi connectivity index (χ3n) is 5.49. The molecule has 1 atom stereocenters. The molecule has 31 heavy (non-hydrogen) atoms. The molecule has 0 bridgehead atoms. The first-order valence-electron chi connectivity index (χ1n) is 10.4. The van der Waals surface area contributed by atoms with Crippen LogP contribution in [0.3, 0.4) is 0 Å². The maximum atomic E-state index is 12.8. The normalized spacial score (nSPS) is 16.3. The summed E-state index contributed by atoms with van der Waals surface area (Å²) in [6.07, 6.45) is 2.85. The van der Waals surface area contributed by atoms with Gasteiger partial charge in [0.05, 0.1) is 30.3 Å². The zero-order chi connectivity index (χ0) is 22.0. The number of benzene rings is 2. The van der Waals surface area contributed by atoms with E-state index in [9.17, 15) is 14.4 Å². The van der Waals surface area contributed by atoms with Gasteiger partial charge in [-0.3, -0.25) is 9.59 Å². The van der Waals surface area contributed by atoms with Crippen LogP contribution in [0.25, 0.3) is 10.9 Å². The fourth-order valence-electron chi connectivity index (χ4n) is 3.90. The summed E-state index contributed by atoms with van der Waals surface area (Å²) >= 11 is 0. The second-order valence-corrected chi connectivity index (χ2v) is 7.66. The topological polar surface area (TPSA) is 91.5 Å². The molecule has 1 aromatic heterocycles. The number of carbonyl (C=O) groups is 3. The van der Waals surface area contributed by atoms with Gasteiger partial charge in [0.15, 0.2) is 0 Å². The third-order valence-corrected chi connectivity index (χ3v) is 5.49. The molecule has 0 saturated carbocycles. The van der Waals surface area contributed by atoms with Gasteiger partial charge < -0.3 is 15.0 Å². The molecule has 1 fully saturated rings. The van der Waals surface area contributed by atoms with Gasteiger partial charge in [0.25, 0.3) is 5.91 Å². The number of aryl methyl sites for hydroxylation is 1. The first-order chi connectivity index (χ1) is 15.0. The van der Waals surface area contributed by atoms with Gasteiger partial charge in [-0.25, -0.2) is 9.69 Å². The summed E-state index contributed by atoms with van der Waals surface area (Å²) in [7, 11) is 0. The van der Waals surface area contributed by atoms with Crippen LogP contribution in [0.5, 0.6) is 0 Å². The molecule has 2 amide bonds. The van der Waals surface area contributed by atoms with Crippen LogP contribution in [0, 0.1) is 6.92 Å². The van der Waals surface area contributed by atoms with Crippen LogP contribution < -0.4 is 10.2 Å². The van der Waals surface area contributed by atoms with Crippen molar-refractivity contribution in [1.29, 1.82) is 0 Å². The number of fused-ring (bicyclic) bond motifs is 1. The molecular formula is C24H25N3O4. The van der Waals surface area contributed by atoms with Gasteiger partial charge in [0.2, 0.25) is 5.91 Å². The predicted octanol–water partition coefficient (Wildman–Crippen LogP) is 3.12. The summed E-state index contributed by atoms with van der Waals surface area (Å²) in [5.41, 5.74) is 4.30. The standard InChI is InChI=1S/C24H25N3O4/c1-3-31-24(30)16-5-7-18(8-6-16)27-22(28)13-21(23(27)29)25-11-10-17-14-26-20-9-4-15(2)12-19(17)20/h4-9,12,14,21,25-26H,3,10-11,13H2,1-2H3/t21-/m1/s1. The van der Waals surface area contributed by atoms with Crippen LogP contribution in [0.2, 0.25) is 0 Å². The van der Waals surface area contributed by atoms with Crippen molar-refractivity contribution in [1.82, 2.24) is 10.3 Å². The van der Waals surface area contributed by atoms with Gasteiger partial charge in [-0.05, 0) is 62.2 Å². The summed E-state index contributed by atoms with van der Waals surface area (Å²) in [5.74, 6) is -0.960. The van der Waals surface area contributed by atoms with Crippen molar-refractivity contribution in [3.63, 3.8) is 0 Å². The number of nitrogens with one attached hydrogen (secondary N) is 2. The first-order valence-corrected chi connectivity index (χ1v) is 10.4. The minimum atomic E-state index is -0.552. The number of anilines is 1. The number of H-pyrrole nitrogens is 1. The van der Waals surface area contributed by atoms with E-state index in [1.165, 1.54) is 21.4 Å². The molecule has 7 nitrogen and oxygen atoms in total. The Hall–Kier alpha value is -3.45. The van der Waals surface area contributed by atoms with Crippen molar-refractivity contribution >= 4 is 34.4 Å². The maximum Gasteiger partial charge on any atom is 0.338 e. The van der Waals surface area contributed by atoms with Crippen LogP contribution >= 0.6 is 0 Å². The molecule has 1 aliphatic rings. The van der Waals surface area contributed by atoms with Crippen molar-refractivity contribution < 1.29 is 19.1 Å². The summed E-state index contributed by atoms with van der Waals surface area (Å²) in [6, 6.07) is 12.0. The van der Waals surface area contributed by atoms with Gasteiger partial charge in [-0.2, -0.15) is 0 Å². The number of carbonyl (C=O) groups excluding carboxylic acids is 3. The summed E-state index contributed by atoms with van der Waals surface area (Å²) in [6.45, 7) is 4.67. The molecule has 4 rings (SSSR count). The Labute approximate surface area is 180 Å². The molecule has 2 heterocycles. The summed E-state index contributed by atoms with van der Waals surface area (Å²) in [4.78, 5) is 41.6. The highest BCUT2D eigenvalue weighted by Gasteiger charge is 2.39. The average Bonchev–Trinajstić information content (AvgIpc) is 3.28. The van der Waals surface area contributed by atoms with Gasteiger partial charge in [0, 0.05) is 23.6 Å². The van der Waals surface area contributed by atoms with Crippen molar-refractivity contribution in [3.8, 4) is 0 Å². The molecule has 1 saturated heterocycles. The Balaban J connectivity index is 1.39. The number of ether oxygens (including phenoxy) is 1. The molecule has 0 unspecified atom stereocenters. The van der Waals surface area contributed by atoms with Gasteiger partial charge in [0.1, 0.15) is 0 Å². The quantitative estimate of drug-likeness (QED) is 0.454. The molecule has 2 N–H and O–H groups in total. The molecule has 0 aliphatic carbocycles. The van der Waals surface area contributed by atoms with Crippen molar-refractivity contribution in [2.75, 3.05) is 18.1 Å². The number of imide groups is 1. The molecule has 0 spiro atoms. The van der Waals surface area contributed by atoms with E-state index in [1.807, 2.05) is 6.20 Å². The zero-order valence-corrected chi connectivity index (χ0v) is 17.6. The van der Waals surface area contributed by atoms with Crippen LogP contribution in [-0.2, 0) is 20.7 Å². The number of hydrogen-bond donors (Lipinski definition) is 2. The Kier molecular flexibility index (Phi) is 5.86. The molecule has 1 aliphatic heterocycles. The van der Waals surface area contributed by atoms with Crippen LogP contribution in [0.15, 0.2) is 48.7 Å². The summed E-state index contributed by atoms with van der Waals surface area (Å²) < 4.78 is 4.96. The number of nitrogens with zero attached hydrogens (tertiary/aromatic N) is 1. The minimum Gasteiger partial charge on any atom is -0.462 e. The number of aromatic nitrogens is 1. The Morgan fingerprint density at radius 1 is 1.19 bits per heavy atom. The van der Waals surface area contributed by atoms with Gasteiger partial charge in [-0.1, -0.05) is 11.6 Å². The lowest BCUT2D eigenvalue weighted by atomic mass is 10.1. The van der Waals surface area contributed by atoms with Gasteiger partial charge >= 0.3 is 5.97 Å². The fourth-order valence-corrected chi connectivity index (χ4v) is 3.90. The highest BCUT2D eigenvalue weighted by Crippen LogP contribution is 2.24. The number of aromatic amines is 1. The van der Waals surface area contributed by atoms with E-state index in [1.54, 1.807) is 31.2 Å². The van der Waals surface area contributed by atoms with Gasteiger partial charge in [-0.15, -0.1) is 0 Å². The lowest BCUT2D eigenvalue weighted by molar-refractivity contribution is -0.121. The fraction of sp³-hybridized carbons (Fsp3) is 0.292. The van der Waals surface area contributed by atoms with E-state index < -0.39 is 12.0 Å². The zero-order valence-electron chi connectivity index (χ0n) is 17.6. The van der Waals surface area contributed by atoms with E-state index >= 15 is 0 Å². The molecule has 2 aromatic carbocycles. The van der Waals surface area contributed by atoms with Crippen LogP contribution in [0.1, 0.15) is 34.8 Å². The largest absolute Gasteiger partial charge is 0.462 e. The van der Waals surface area contributed by atoms with E-state index in [2.05, 4.69) is 35.4 Å². The molecule has 7 heteroatoms. The Bertz CT molecular complexity index is 1130. The first kappa shape index (κ1) is 20.8. The number of esters is 1. The molecule has 3 aromatic rings. The lowest BCUT2D eigenvalue weighted by Crippen LogP contribution is -2.39. The molecular weight excluding hydrogens is 394 g/mol. The maximum absolute atomic E-state index is 12.8. The number of amides is 2. The van der Waals surface area contributed by atoms with Crippen molar-refractivity contribution in [2.24, 2.45) is 0 Å². The van der Waals surface area contributed by atoms with Crippen LogP contribution in [-0.4, -0.2) is 42.0 Å². The highest BCUT2D eigenvalue weighted by atomic mass is 16.5. The smallest absolute Gasteiger partial charge is 0.338 e. The second-order valence-electron chi connectivity index (χ2n) is 7.66. The predicted molar refractivity (Wildman–Crippen MR) is 118 cm³/mol. The van der Waals surface area contributed by atoms with E-state index in [0.29, 0.717) is 17.8 Å². The summed E-state index contributed by atoms with van der Waals surface area (Å²) in [5, 5.41) is 4.40. The monoisotopic (exact) mass is 419 g/mol. The van der Waals surface area contributed by atoms with E-state index in [4.69, 9.17) is 4.74 Å². The second kappa shape index (κ2) is 8.73. The average molecular weight is 419 g/mol. The van der Waals surface area contributed by atoms with Crippen molar-refractivity contribution in [3.05, 3.63) is 65.4 Å². The molecule has 160 valence electrons. The third kappa shape index (κ3) is 4.22. The van der Waals surface area contributed by atoms with Crippen molar-refractivity contribution in [2.45, 2.75) is 32.7 Å². The number of rotatable bonds is 7. The Morgan fingerprint density at radius 3 is 2.71 bits per heavy atom. The minimum absolute atomic E-state index is 0.117. The number of hydrogen-bond acceptors (Lipinski definition) is 5. The Morgan fingerprint density at radius 2 is 1.97 bits per heavy atom. The highest BCUT2D eigenvalue weighted by molar-refractivity contribution is 6.22. The van der Waals surface area contributed by atoms with E-state index in [-0.39, 0.29) is 24.8 Å². The lowest BCUT2D eigenvalue weighted by Gasteiger charge is -2.16. The SMILES string of the molecule is CCOC(=O)c1ccc(N2C(=O)C[C@@H](NCCc3c[nH]c4ccc(C)cc34)C2=O)cc1. The van der Waals surface area contributed by atoms with E-state index in [0.717, 1.165) is 11.9 Å². The van der Waals surface area contributed by atoms with Crippen LogP contribution in [0.4, 0.5) is 5.69 Å².